The molecule has 1 aromatic rings. The van der Waals surface area contributed by atoms with E-state index in [0.29, 0.717) is 0 Å². The molecule has 90 valence electrons. The monoisotopic (exact) mass is 259 g/mol. The first-order valence-electron chi connectivity index (χ1n) is 5.73. The van der Waals surface area contributed by atoms with Crippen LogP contribution in [0.5, 0.6) is 0 Å². The Balaban J connectivity index is 1.77. The van der Waals surface area contributed by atoms with Crippen LogP contribution in [0.15, 0.2) is 6.20 Å². The fourth-order valence-corrected chi connectivity index (χ4v) is 3.21. The molecule has 1 aromatic heterocycles. The van der Waals surface area contributed by atoms with Crippen LogP contribution < -0.4 is 5.32 Å². The Labute approximate surface area is 106 Å². The third kappa shape index (κ3) is 3.70. The van der Waals surface area contributed by atoms with Gasteiger partial charge in [0.1, 0.15) is 9.34 Å². The maximum absolute atomic E-state index is 5.86. The van der Waals surface area contributed by atoms with Crippen molar-refractivity contribution in [3.05, 3.63) is 15.5 Å². The van der Waals surface area contributed by atoms with Crippen LogP contribution in [0.1, 0.15) is 17.8 Å². The number of piperidine rings is 1. The van der Waals surface area contributed by atoms with E-state index in [0.717, 1.165) is 34.9 Å². The molecule has 5 heteroatoms. The van der Waals surface area contributed by atoms with E-state index < -0.39 is 0 Å². The quantitative estimate of drug-likeness (QED) is 0.899. The minimum Gasteiger partial charge on any atom is -0.316 e. The van der Waals surface area contributed by atoms with Gasteiger partial charge < -0.3 is 5.32 Å². The first-order chi connectivity index (χ1) is 7.74. The lowest BCUT2D eigenvalue weighted by Gasteiger charge is -2.27. The van der Waals surface area contributed by atoms with Crippen LogP contribution in [0.2, 0.25) is 4.34 Å². The highest BCUT2D eigenvalue weighted by Crippen LogP contribution is 2.20. The molecule has 2 heterocycles. The highest BCUT2D eigenvalue weighted by atomic mass is 35.5. The van der Waals surface area contributed by atoms with Crippen molar-refractivity contribution >= 4 is 22.9 Å². The van der Waals surface area contributed by atoms with E-state index in [-0.39, 0.29) is 0 Å². The normalized spacial score (nSPS) is 21.6. The largest absolute Gasteiger partial charge is 0.316 e. The van der Waals surface area contributed by atoms with Crippen molar-refractivity contribution in [3.8, 4) is 0 Å². The molecule has 0 bridgehead atoms. The number of nitrogens with one attached hydrogen (secondary N) is 1. The van der Waals surface area contributed by atoms with Crippen molar-refractivity contribution in [3.63, 3.8) is 0 Å². The number of rotatable bonds is 4. The third-order valence-electron chi connectivity index (χ3n) is 2.90. The molecule has 0 radical (unpaired) electrons. The molecule has 0 saturated carbocycles. The molecule has 1 aliphatic heterocycles. The van der Waals surface area contributed by atoms with Gasteiger partial charge in [-0.15, -0.1) is 11.3 Å². The molecular formula is C11H18ClN3S. The van der Waals surface area contributed by atoms with Gasteiger partial charge in [-0.2, -0.15) is 0 Å². The smallest absolute Gasteiger partial charge is 0.113 e. The molecule has 1 fully saturated rings. The Hall–Kier alpha value is -0.160. The summed E-state index contributed by atoms with van der Waals surface area (Å²) in [5.41, 5.74) is 0. The zero-order valence-electron chi connectivity index (χ0n) is 9.58. The zero-order chi connectivity index (χ0) is 11.4. The predicted molar refractivity (Wildman–Crippen MR) is 69.1 cm³/mol. The Bertz CT molecular complexity index is 323. The average Bonchev–Trinajstić information content (AvgIpc) is 2.65. The Morgan fingerprint density at radius 2 is 2.56 bits per heavy atom. The summed E-state index contributed by atoms with van der Waals surface area (Å²) in [6.07, 6.45) is 4.38. The zero-order valence-corrected chi connectivity index (χ0v) is 11.2. The van der Waals surface area contributed by atoms with Crippen LogP contribution in [0.3, 0.4) is 0 Å². The summed E-state index contributed by atoms with van der Waals surface area (Å²) in [7, 11) is 2.16. The SMILES string of the molecule is CN(Cc1ncc(Cl)s1)CC1CCCNC1. The number of aromatic nitrogens is 1. The summed E-state index contributed by atoms with van der Waals surface area (Å²) in [6.45, 7) is 4.39. The van der Waals surface area contributed by atoms with Crippen molar-refractivity contribution in [1.82, 2.24) is 15.2 Å². The molecule has 0 aromatic carbocycles. The van der Waals surface area contributed by atoms with E-state index in [2.05, 4.69) is 22.2 Å². The van der Waals surface area contributed by atoms with Crippen molar-refractivity contribution in [1.29, 1.82) is 0 Å². The van der Waals surface area contributed by atoms with E-state index in [1.807, 2.05) is 0 Å². The molecule has 16 heavy (non-hydrogen) atoms. The number of thiazole rings is 1. The lowest BCUT2D eigenvalue weighted by Crippen LogP contribution is -2.36. The molecule has 1 N–H and O–H groups in total. The van der Waals surface area contributed by atoms with Crippen molar-refractivity contribution in [2.24, 2.45) is 5.92 Å². The lowest BCUT2D eigenvalue weighted by molar-refractivity contribution is 0.237. The summed E-state index contributed by atoms with van der Waals surface area (Å²) in [5, 5.41) is 4.56. The predicted octanol–water partition coefficient (Wildman–Crippen LogP) is 2.23. The van der Waals surface area contributed by atoms with Gasteiger partial charge in [-0.3, -0.25) is 4.90 Å². The van der Waals surface area contributed by atoms with Gasteiger partial charge in [0, 0.05) is 6.54 Å². The molecule has 0 amide bonds. The Morgan fingerprint density at radius 3 is 3.19 bits per heavy atom. The van der Waals surface area contributed by atoms with E-state index in [4.69, 9.17) is 11.6 Å². The molecule has 1 atom stereocenters. The summed E-state index contributed by atoms with van der Waals surface area (Å²) in [5.74, 6) is 0.786. The average molecular weight is 260 g/mol. The minimum atomic E-state index is 0.780. The first kappa shape index (κ1) is 12.3. The van der Waals surface area contributed by atoms with Crippen molar-refractivity contribution < 1.29 is 0 Å². The summed E-state index contributed by atoms with van der Waals surface area (Å²) in [6, 6.07) is 0. The Kier molecular flexibility index (Phi) is 4.58. The van der Waals surface area contributed by atoms with Crippen molar-refractivity contribution in [2.45, 2.75) is 19.4 Å². The summed E-state index contributed by atoms with van der Waals surface area (Å²) < 4.78 is 0.780. The van der Waals surface area contributed by atoms with Gasteiger partial charge in [0.05, 0.1) is 12.7 Å². The highest BCUT2D eigenvalue weighted by Gasteiger charge is 2.15. The van der Waals surface area contributed by atoms with Gasteiger partial charge in [-0.05, 0) is 38.9 Å². The number of hydrogen-bond donors (Lipinski definition) is 1. The lowest BCUT2D eigenvalue weighted by atomic mass is 9.99. The molecule has 2 rings (SSSR count). The van der Waals surface area contributed by atoms with E-state index in [1.54, 1.807) is 17.5 Å². The second-order valence-electron chi connectivity index (χ2n) is 4.47. The molecule has 1 aliphatic rings. The van der Waals surface area contributed by atoms with Gasteiger partial charge in [-0.25, -0.2) is 4.98 Å². The number of nitrogens with zero attached hydrogens (tertiary/aromatic N) is 2. The van der Waals surface area contributed by atoms with Crippen LogP contribution in [0.4, 0.5) is 0 Å². The van der Waals surface area contributed by atoms with E-state index in [9.17, 15) is 0 Å². The molecule has 1 unspecified atom stereocenters. The maximum Gasteiger partial charge on any atom is 0.113 e. The molecule has 0 spiro atoms. The van der Waals surface area contributed by atoms with Crippen molar-refractivity contribution in [2.75, 3.05) is 26.7 Å². The third-order valence-corrected chi connectivity index (χ3v) is 4.00. The highest BCUT2D eigenvalue weighted by molar-refractivity contribution is 7.15. The fourth-order valence-electron chi connectivity index (χ4n) is 2.18. The number of halogens is 1. The van der Waals surface area contributed by atoms with Crippen LogP contribution >= 0.6 is 22.9 Å². The van der Waals surface area contributed by atoms with Crippen LogP contribution in [0, 0.1) is 5.92 Å². The minimum absolute atomic E-state index is 0.780. The summed E-state index contributed by atoms with van der Waals surface area (Å²) in [4.78, 5) is 6.62. The second kappa shape index (κ2) is 5.96. The van der Waals surface area contributed by atoms with Crippen LogP contribution in [-0.4, -0.2) is 36.6 Å². The van der Waals surface area contributed by atoms with Crippen LogP contribution in [-0.2, 0) is 6.54 Å². The van der Waals surface area contributed by atoms with Gasteiger partial charge in [0.2, 0.25) is 0 Å². The van der Waals surface area contributed by atoms with Gasteiger partial charge in [0.25, 0.3) is 0 Å². The second-order valence-corrected chi connectivity index (χ2v) is 6.21. The topological polar surface area (TPSA) is 28.2 Å². The standard InChI is InChI=1S/C11H18ClN3S/c1-15(7-9-3-2-4-13-5-9)8-11-14-6-10(12)16-11/h6,9,13H,2-5,7-8H2,1H3. The fraction of sp³-hybridized carbons (Fsp3) is 0.727. The van der Waals surface area contributed by atoms with E-state index >= 15 is 0 Å². The molecule has 1 saturated heterocycles. The van der Waals surface area contributed by atoms with Crippen LogP contribution in [0.25, 0.3) is 0 Å². The number of hydrogen-bond acceptors (Lipinski definition) is 4. The Morgan fingerprint density at radius 1 is 1.69 bits per heavy atom. The van der Waals surface area contributed by atoms with Gasteiger partial charge >= 0.3 is 0 Å². The molecule has 3 nitrogen and oxygen atoms in total. The van der Waals surface area contributed by atoms with Gasteiger partial charge in [0.15, 0.2) is 0 Å². The molecule has 0 aliphatic carbocycles. The molecular weight excluding hydrogens is 242 g/mol. The first-order valence-corrected chi connectivity index (χ1v) is 6.93. The van der Waals surface area contributed by atoms with E-state index in [1.165, 1.54) is 19.4 Å². The summed E-state index contributed by atoms with van der Waals surface area (Å²) >= 11 is 7.44. The van der Waals surface area contributed by atoms with Gasteiger partial charge in [-0.1, -0.05) is 11.6 Å². The maximum atomic E-state index is 5.86.